The van der Waals surface area contributed by atoms with Crippen molar-refractivity contribution < 1.29 is 5.11 Å². The molecule has 0 aromatic rings. The number of unbranched alkanes of at least 4 members (excludes halogenated alkanes) is 2. The van der Waals surface area contributed by atoms with E-state index in [4.69, 9.17) is 5.11 Å². The largest absolute Gasteiger partial charge is 0.396 e. The molecule has 90 valence electrons. The number of hydrogen-bond donors (Lipinski definition) is 1. The molecule has 0 aromatic carbocycles. The average molecular weight is 231 g/mol. The minimum atomic E-state index is 0.348. The zero-order valence-corrected chi connectivity index (χ0v) is 10.9. The van der Waals surface area contributed by atoms with Crippen LogP contribution < -0.4 is 0 Å². The predicted molar refractivity (Wildman–Crippen MR) is 68.5 cm³/mol. The number of aliphatic hydroxyl groups excluding tert-OH is 1. The van der Waals surface area contributed by atoms with Crippen LogP contribution in [0, 0.1) is 0 Å². The minimum Gasteiger partial charge on any atom is -0.396 e. The molecule has 1 aliphatic rings. The number of aliphatic hydroxyl groups is 1. The second-order valence-corrected chi connectivity index (χ2v) is 5.61. The average Bonchev–Trinajstić information content (AvgIpc) is 2.72. The highest BCUT2D eigenvalue weighted by atomic mass is 32.2. The Bertz CT molecular complexity index is 166. The second-order valence-electron chi connectivity index (χ2n) is 4.54. The van der Waals surface area contributed by atoms with E-state index in [0.717, 1.165) is 24.1 Å². The third kappa shape index (κ3) is 4.33. The Morgan fingerprint density at radius 1 is 1.27 bits per heavy atom. The van der Waals surface area contributed by atoms with Crippen LogP contribution in [-0.2, 0) is 0 Å². The van der Waals surface area contributed by atoms with Gasteiger partial charge in [-0.25, -0.2) is 0 Å². The van der Waals surface area contributed by atoms with Crippen LogP contribution in [0.2, 0.25) is 0 Å². The van der Waals surface area contributed by atoms with Crippen molar-refractivity contribution in [3.8, 4) is 0 Å². The van der Waals surface area contributed by atoms with Gasteiger partial charge in [-0.2, -0.15) is 11.8 Å². The molecule has 0 heterocycles. The molecule has 3 heteroatoms. The fourth-order valence-electron chi connectivity index (χ4n) is 2.50. The summed E-state index contributed by atoms with van der Waals surface area (Å²) in [6.45, 7) is 1.54. The molecule has 0 aliphatic heterocycles. The van der Waals surface area contributed by atoms with Crippen molar-refractivity contribution >= 4 is 11.8 Å². The van der Waals surface area contributed by atoms with Crippen molar-refractivity contribution in [3.63, 3.8) is 0 Å². The van der Waals surface area contributed by atoms with Crippen LogP contribution in [0.25, 0.3) is 0 Å². The summed E-state index contributed by atoms with van der Waals surface area (Å²) in [7, 11) is 2.26. The molecule has 0 saturated heterocycles. The van der Waals surface area contributed by atoms with Gasteiger partial charge in [-0.3, -0.25) is 0 Å². The summed E-state index contributed by atoms with van der Waals surface area (Å²) >= 11 is 2.03. The first-order valence-electron chi connectivity index (χ1n) is 6.13. The molecule has 1 aliphatic carbocycles. The van der Waals surface area contributed by atoms with Crippen molar-refractivity contribution in [2.75, 3.05) is 26.5 Å². The number of hydrogen-bond acceptors (Lipinski definition) is 3. The van der Waals surface area contributed by atoms with Gasteiger partial charge in [0.1, 0.15) is 0 Å². The van der Waals surface area contributed by atoms with Crippen LogP contribution in [0.1, 0.15) is 38.5 Å². The maximum absolute atomic E-state index is 8.71. The molecule has 0 spiro atoms. The fraction of sp³-hybridized carbons (Fsp3) is 1.00. The molecule has 2 nitrogen and oxygen atoms in total. The second kappa shape index (κ2) is 7.53. The van der Waals surface area contributed by atoms with E-state index in [0.29, 0.717) is 6.61 Å². The molecule has 1 fully saturated rings. The molecule has 0 amide bonds. The highest BCUT2D eigenvalue weighted by Crippen LogP contribution is 2.31. The summed E-state index contributed by atoms with van der Waals surface area (Å²) in [6, 6.07) is 0.800. The number of thioether (sulfide) groups is 1. The Morgan fingerprint density at radius 2 is 2.07 bits per heavy atom. The van der Waals surface area contributed by atoms with E-state index in [1.54, 1.807) is 0 Å². The molecule has 2 unspecified atom stereocenters. The molecular formula is C12H25NOS. The van der Waals surface area contributed by atoms with E-state index in [-0.39, 0.29) is 0 Å². The van der Waals surface area contributed by atoms with Crippen LogP contribution in [0.4, 0.5) is 0 Å². The molecule has 0 aromatic heterocycles. The Labute approximate surface area is 98.4 Å². The van der Waals surface area contributed by atoms with Crippen LogP contribution in [0.3, 0.4) is 0 Å². The predicted octanol–water partition coefficient (Wildman–Crippen LogP) is 2.36. The minimum absolute atomic E-state index is 0.348. The van der Waals surface area contributed by atoms with E-state index in [9.17, 15) is 0 Å². The van der Waals surface area contributed by atoms with Crippen molar-refractivity contribution in [3.05, 3.63) is 0 Å². The molecule has 0 radical (unpaired) electrons. The van der Waals surface area contributed by atoms with Gasteiger partial charge in [-0.05, 0) is 52.0 Å². The van der Waals surface area contributed by atoms with Crippen molar-refractivity contribution in [1.29, 1.82) is 0 Å². The van der Waals surface area contributed by atoms with Gasteiger partial charge in [0.25, 0.3) is 0 Å². The summed E-state index contributed by atoms with van der Waals surface area (Å²) in [5, 5.41) is 9.56. The van der Waals surface area contributed by atoms with E-state index >= 15 is 0 Å². The lowest BCUT2D eigenvalue weighted by Crippen LogP contribution is -2.36. The van der Waals surface area contributed by atoms with Crippen LogP contribution in [0.15, 0.2) is 0 Å². The van der Waals surface area contributed by atoms with Gasteiger partial charge in [0.05, 0.1) is 0 Å². The Morgan fingerprint density at radius 3 is 2.73 bits per heavy atom. The highest BCUT2D eigenvalue weighted by Gasteiger charge is 2.29. The summed E-state index contributed by atoms with van der Waals surface area (Å²) in [4.78, 5) is 2.53. The molecule has 1 rings (SSSR count). The maximum atomic E-state index is 8.71. The quantitative estimate of drug-likeness (QED) is 0.681. The van der Waals surface area contributed by atoms with E-state index in [2.05, 4.69) is 18.2 Å². The Kier molecular flexibility index (Phi) is 6.69. The number of rotatable bonds is 7. The summed E-state index contributed by atoms with van der Waals surface area (Å²) in [5.41, 5.74) is 0. The summed E-state index contributed by atoms with van der Waals surface area (Å²) < 4.78 is 0. The van der Waals surface area contributed by atoms with Gasteiger partial charge in [0, 0.05) is 17.9 Å². The smallest absolute Gasteiger partial charge is 0.0431 e. The van der Waals surface area contributed by atoms with Gasteiger partial charge >= 0.3 is 0 Å². The van der Waals surface area contributed by atoms with Crippen LogP contribution >= 0.6 is 11.8 Å². The zero-order valence-electron chi connectivity index (χ0n) is 10.1. The van der Waals surface area contributed by atoms with E-state index in [1.807, 2.05) is 11.8 Å². The van der Waals surface area contributed by atoms with E-state index in [1.165, 1.54) is 32.2 Å². The van der Waals surface area contributed by atoms with Gasteiger partial charge in [-0.1, -0.05) is 6.42 Å². The lowest BCUT2D eigenvalue weighted by molar-refractivity contribution is 0.236. The fourth-order valence-corrected chi connectivity index (χ4v) is 3.56. The standard InChI is InChI=1S/C12H25NOS/c1-13(9-4-3-5-10-14)11-7-6-8-12(11)15-2/h11-12,14H,3-10H2,1-2H3. The van der Waals surface area contributed by atoms with Gasteiger partial charge < -0.3 is 10.0 Å². The Balaban J connectivity index is 2.17. The monoisotopic (exact) mass is 231 g/mol. The zero-order chi connectivity index (χ0) is 11.1. The summed E-state index contributed by atoms with van der Waals surface area (Å²) in [6.07, 6.45) is 9.77. The third-order valence-corrected chi connectivity index (χ3v) is 4.61. The molecule has 1 N–H and O–H groups in total. The first-order valence-corrected chi connectivity index (χ1v) is 7.42. The Hall–Kier alpha value is 0.270. The first-order chi connectivity index (χ1) is 7.29. The van der Waals surface area contributed by atoms with Crippen molar-refractivity contribution in [2.45, 2.75) is 49.8 Å². The topological polar surface area (TPSA) is 23.5 Å². The highest BCUT2D eigenvalue weighted by molar-refractivity contribution is 7.99. The van der Waals surface area contributed by atoms with Crippen LogP contribution in [0.5, 0.6) is 0 Å². The molecule has 2 atom stereocenters. The molecule has 15 heavy (non-hydrogen) atoms. The van der Waals surface area contributed by atoms with Crippen LogP contribution in [-0.4, -0.2) is 47.8 Å². The van der Waals surface area contributed by atoms with Gasteiger partial charge in [0.15, 0.2) is 0 Å². The first kappa shape index (κ1) is 13.3. The molecule has 0 bridgehead atoms. The normalized spacial score (nSPS) is 26.4. The van der Waals surface area contributed by atoms with Gasteiger partial charge in [0.2, 0.25) is 0 Å². The van der Waals surface area contributed by atoms with E-state index < -0.39 is 0 Å². The van der Waals surface area contributed by atoms with Gasteiger partial charge in [-0.15, -0.1) is 0 Å². The lowest BCUT2D eigenvalue weighted by Gasteiger charge is -2.28. The van der Waals surface area contributed by atoms with Crippen molar-refractivity contribution in [1.82, 2.24) is 4.90 Å². The summed E-state index contributed by atoms with van der Waals surface area (Å²) in [5.74, 6) is 0. The maximum Gasteiger partial charge on any atom is 0.0431 e. The number of nitrogens with zero attached hydrogens (tertiary/aromatic N) is 1. The third-order valence-electron chi connectivity index (χ3n) is 3.46. The lowest BCUT2D eigenvalue weighted by atomic mass is 10.2. The van der Waals surface area contributed by atoms with Crippen molar-refractivity contribution in [2.24, 2.45) is 0 Å². The molecule has 1 saturated carbocycles. The SMILES string of the molecule is CSC1CCCC1N(C)CCCCCO. The molecular weight excluding hydrogens is 206 g/mol.